The van der Waals surface area contributed by atoms with Gasteiger partial charge in [-0.2, -0.15) is 0 Å². The Balaban J connectivity index is 1.49. The van der Waals surface area contributed by atoms with Crippen molar-refractivity contribution in [1.29, 1.82) is 0 Å². The van der Waals surface area contributed by atoms with Gasteiger partial charge >= 0.3 is 0 Å². The molecule has 0 spiro atoms. The Labute approximate surface area is 162 Å². The van der Waals surface area contributed by atoms with Crippen LogP contribution >= 0.6 is 0 Å². The monoisotopic (exact) mass is 375 g/mol. The third-order valence-electron chi connectivity index (χ3n) is 5.18. The summed E-state index contributed by atoms with van der Waals surface area (Å²) in [7, 11) is 1.79. The van der Waals surface area contributed by atoms with E-state index in [0.717, 1.165) is 27.6 Å². The van der Waals surface area contributed by atoms with Gasteiger partial charge in [-0.1, -0.05) is 0 Å². The second-order valence-electron chi connectivity index (χ2n) is 6.95. The average Bonchev–Trinajstić information content (AvgIpc) is 3.15. The summed E-state index contributed by atoms with van der Waals surface area (Å²) in [5.41, 5.74) is 3.83. The van der Waals surface area contributed by atoms with Gasteiger partial charge in [0.1, 0.15) is 5.82 Å². The molecule has 0 saturated heterocycles. The number of carbonyl (C=O) groups is 2. The van der Waals surface area contributed by atoms with Crippen molar-refractivity contribution < 1.29 is 9.59 Å². The summed E-state index contributed by atoms with van der Waals surface area (Å²) >= 11 is 0. The summed E-state index contributed by atoms with van der Waals surface area (Å²) in [6.45, 7) is 2.00. The SMILES string of the molecule is CC(c1c[nH]c2cnccc12)N(C)C(=O)/C=C/c1cnc2c(c1)CCC(=O)N2. The first kappa shape index (κ1) is 17.9. The second-order valence-corrected chi connectivity index (χ2v) is 6.95. The van der Waals surface area contributed by atoms with E-state index in [1.165, 1.54) is 0 Å². The van der Waals surface area contributed by atoms with Crippen LogP contribution in [0.3, 0.4) is 0 Å². The van der Waals surface area contributed by atoms with Gasteiger partial charge in [0.2, 0.25) is 11.8 Å². The lowest BCUT2D eigenvalue weighted by Crippen LogP contribution is -2.27. The number of carbonyl (C=O) groups excluding carboxylic acids is 2. The summed E-state index contributed by atoms with van der Waals surface area (Å²) in [5.74, 6) is 0.503. The maximum absolute atomic E-state index is 12.7. The number of aromatic nitrogens is 3. The van der Waals surface area contributed by atoms with E-state index in [2.05, 4.69) is 20.3 Å². The standard InChI is InChI=1S/C21H21N5O2/c1-13(17-11-23-18-12-22-8-7-16(17)18)26(2)20(28)6-3-14-9-15-4-5-19(27)25-21(15)24-10-14/h3,6-13,23H,4-5H2,1-2H3,(H,24,25,27)/b6-3+. The van der Waals surface area contributed by atoms with E-state index in [4.69, 9.17) is 0 Å². The molecule has 3 aromatic rings. The number of nitrogens with zero attached hydrogens (tertiary/aromatic N) is 3. The van der Waals surface area contributed by atoms with Crippen molar-refractivity contribution in [2.24, 2.45) is 0 Å². The zero-order valence-corrected chi connectivity index (χ0v) is 15.8. The lowest BCUT2D eigenvalue weighted by Gasteiger charge is -2.23. The van der Waals surface area contributed by atoms with Crippen molar-refractivity contribution >= 4 is 34.6 Å². The topological polar surface area (TPSA) is 91.0 Å². The molecule has 142 valence electrons. The van der Waals surface area contributed by atoms with E-state index in [0.29, 0.717) is 18.7 Å². The summed E-state index contributed by atoms with van der Waals surface area (Å²) in [6, 6.07) is 3.82. The number of aromatic amines is 1. The van der Waals surface area contributed by atoms with Crippen molar-refractivity contribution in [2.45, 2.75) is 25.8 Å². The van der Waals surface area contributed by atoms with Crippen LogP contribution in [0.5, 0.6) is 0 Å². The predicted molar refractivity (Wildman–Crippen MR) is 108 cm³/mol. The molecule has 0 bridgehead atoms. The lowest BCUT2D eigenvalue weighted by molar-refractivity contribution is -0.126. The van der Waals surface area contributed by atoms with Gasteiger partial charge in [0.15, 0.2) is 0 Å². The molecule has 2 amide bonds. The van der Waals surface area contributed by atoms with E-state index in [1.807, 2.05) is 25.3 Å². The fourth-order valence-electron chi connectivity index (χ4n) is 3.39. The minimum absolute atomic E-state index is 0.0119. The Morgan fingerprint density at radius 2 is 2.18 bits per heavy atom. The third kappa shape index (κ3) is 3.38. The molecule has 4 rings (SSSR count). The molecule has 0 aliphatic carbocycles. The summed E-state index contributed by atoms with van der Waals surface area (Å²) < 4.78 is 0. The molecule has 1 aliphatic rings. The zero-order chi connectivity index (χ0) is 19.7. The largest absolute Gasteiger partial charge is 0.360 e. The van der Waals surface area contributed by atoms with Gasteiger partial charge in [0.05, 0.1) is 17.8 Å². The quantitative estimate of drug-likeness (QED) is 0.686. The highest BCUT2D eigenvalue weighted by Gasteiger charge is 2.19. The van der Waals surface area contributed by atoms with Crippen LogP contribution in [-0.2, 0) is 16.0 Å². The summed E-state index contributed by atoms with van der Waals surface area (Å²) in [6.07, 6.45) is 11.5. The van der Waals surface area contributed by atoms with Gasteiger partial charge in [0, 0.05) is 43.5 Å². The van der Waals surface area contributed by atoms with E-state index in [9.17, 15) is 9.59 Å². The molecular formula is C21H21N5O2. The molecule has 3 aromatic heterocycles. The summed E-state index contributed by atoms with van der Waals surface area (Å²) in [4.78, 5) is 37.4. The van der Waals surface area contributed by atoms with Gasteiger partial charge < -0.3 is 15.2 Å². The van der Waals surface area contributed by atoms with E-state index < -0.39 is 0 Å². The Morgan fingerprint density at radius 3 is 3.04 bits per heavy atom. The van der Waals surface area contributed by atoms with Gasteiger partial charge in [-0.05, 0) is 48.2 Å². The minimum atomic E-state index is -0.0954. The number of anilines is 1. The number of nitrogens with one attached hydrogen (secondary N) is 2. The predicted octanol–water partition coefficient (Wildman–Crippen LogP) is 3.08. The molecule has 0 aromatic carbocycles. The molecule has 1 unspecified atom stereocenters. The van der Waals surface area contributed by atoms with Crippen LogP contribution in [0.25, 0.3) is 17.0 Å². The Bertz CT molecular complexity index is 1090. The first-order valence-corrected chi connectivity index (χ1v) is 9.17. The first-order chi connectivity index (χ1) is 13.5. The molecule has 1 atom stereocenters. The second kappa shape index (κ2) is 7.26. The molecule has 0 radical (unpaired) electrons. The van der Waals surface area contributed by atoms with E-state index in [-0.39, 0.29) is 17.9 Å². The number of aryl methyl sites for hydroxylation is 1. The van der Waals surface area contributed by atoms with Gasteiger partial charge in [-0.3, -0.25) is 14.6 Å². The van der Waals surface area contributed by atoms with Crippen LogP contribution in [-0.4, -0.2) is 38.7 Å². The van der Waals surface area contributed by atoms with E-state index in [1.54, 1.807) is 42.7 Å². The molecule has 1 aliphatic heterocycles. The number of fused-ring (bicyclic) bond motifs is 2. The maximum atomic E-state index is 12.7. The highest BCUT2D eigenvalue weighted by atomic mass is 16.2. The molecule has 7 heteroatoms. The number of amides is 2. The molecule has 0 fully saturated rings. The third-order valence-corrected chi connectivity index (χ3v) is 5.18. The number of rotatable bonds is 4. The summed E-state index contributed by atoms with van der Waals surface area (Å²) in [5, 5.41) is 3.82. The normalized spacial score (nSPS) is 14.7. The van der Waals surface area contributed by atoms with Crippen LogP contribution in [0.15, 0.2) is 43.0 Å². The fraction of sp³-hybridized carbons (Fsp3) is 0.238. The molecule has 4 heterocycles. The van der Waals surface area contributed by atoms with Crippen LogP contribution < -0.4 is 5.32 Å². The number of hydrogen-bond acceptors (Lipinski definition) is 4. The zero-order valence-electron chi connectivity index (χ0n) is 15.8. The molecule has 0 saturated carbocycles. The van der Waals surface area contributed by atoms with Crippen LogP contribution in [0.4, 0.5) is 5.82 Å². The van der Waals surface area contributed by atoms with Gasteiger partial charge in [-0.15, -0.1) is 0 Å². The highest BCUT2D eigenvalue weighted by molar-refractivity contribution is 5.94. The molecule has 28 heavy (non-hydrogen) atoms. The Kier molecular flexibility index (Phi) is 4.65. The van der Waals surface area contributed by atoms with Crippen LogP contribution in [0.2, 0.25) is 0 Å². The van der Waals surface area contributed by atoms with Gasteiger partial charge in [0.25, 0.3) is 0 Å². The van der Waals surface area contributed by atoms with Crippen LogP contribution in [0, 0.1) is 0 Å². The van der Waals surface area contributed by atoms with Gasteiger partial charge in [-0.25, -0.2) is 4.98 Å². The number of likely N-dealkylation sites (N-methyl/N-ethyl adjacent to an activating group) is 1. The number of pyridine rings is 2. The molecular weight excluding hydrogens is 354 g/mol. The number of hydrogen-bond donors (Lipinski definition) is 2. The van der Waals surface area contributed by atoms with Crippen molar-refractivity contribution in [3.8, 4) is 0 Å². The van der Waals surface area contributed by atoms with Crippen molar-refractivity contribution in [2.75, 3.05) is 12.4 Å². The Hall–Kier alpha value is -3.48. The molecule has 7 nitrogen and oxygen atoms in total. The van der Waals surface area contributed by atoms with Crippen molar-refractivity contribution in [1.82, 2.24) is 19.9 Å². The van der Waals surface area contributed by atoms with Crippen molar-refractivity contribution in [3.63, 3.8) is 0 Å². The smallest absolute Gasteiger partial charge is 0.246 e. The maximum Gasteiger partial charge on any atom is 0.246 e. The average molecular weight is 375 g/mol. The Morgan fingerprint density at radius 1 is 1.32 bits per heavy atom. The number of H-pyrrole nitrogens is 1. The molecule has 2 N–H and O–H groups in total. The fourth-order valence-corrected chi connectivity index (χ4v) is 3.39. The van der Waals surface area contributed by atoms with Crippen molar-refractivity contribution in [3.05, 3.63) is 59.7 Å². The van der Waals surface area contributed by atoms with Crippen LogP contribution in [0.1, 0.15) is 36.1 Å². The first-order valence-electron chi connectivity index (χ1n) is 9.17. The minimum Gasteiger partial charge on any atom is -0.360 e. The highest BCUT2D eigenvalue weighted by Crippen LogP contribution is 2.27. The van der Waals surface area contributed by atoms with E-state index >= 15 is 0 Å². The lowest BCUT2D eigenvalue weighted by atomic mass is 10.0.